The van der Waals surface area contributed by atoms with Gasteiger partial charge in [0.25, 0.3) is 0 Å². The maximum absolute atomic E-state index is 12.1. The number of amides is 1. The van der Waals surface area contributed by atoms with Crippen molar-refractivity contribution in [2.24, 2.45) is 5.73 Å². The normalized spacial score (nSPS) is 11.7. The summed E-state index contributed by atoms with van der Waals surface area (Å²) in [5.74, 6) is -1.59. The van der Waals surface area contributed by atoms with E-state index >= 15 is 0 Å². The quantitative estimate of drug-likeness (QED) is 0.809. The molecule has 21 heavy (non-hydrogen) atoms. The number of nitrogens with one attached hydrogen (secondary N) is 1. The number of anilines is 1. The first-order chi connectivity index (χ1) is 9.99. The third-order valence-corrected chi connectivity index (χ3v) is 3.24. The average molecular weight is 305 g/mol. The van der Waals surface area contributed by atoms with Gasteiger partial charge in [-0.05, 0) is 23.8 Å². The van der Waals surface area contributed by atoms with Crippen LogP contribution in [0.5, 0.6) is 0 Å². The van der Waals surface area contributed by atoms with Crippen LogP contribution >= 0.6 is 11.6 Å². The summed E-state index contributed by atoms with van der Waals surface area (Å²) in [7, 11) is 0. The highest BCUT2D eigenvalue weighted by Crippen LogP contribution is 2.21. The minimum absolute atomic E-state index is 0.0808. The number of carbonyl (C=O) groups excluding carboxylic acids is 1. The summed E-state index contributed by atoms with van der Waals surface area (Å²) in [5, 5.41) is 11.7. The Bertz CT molecular complexity index is 674. The van der Waals surface area contributed by atoms with Gasteiger partial charge in [-0.1, -0.05) is 41.9 Å². The van der Waals surface area contributed by atoms with E-state index < -0.39 is 17.9 Å². The minimum Gasteiger partial charge on any atom is -0.478 e. The van der Waals surface area contributed by atoms with E-state index in [4.69, 9.17) is 22.4 Å². The molecule has 0 saturated heterocycles. The van der Waals surface area contributed by atoms with Crippen LogP contribution in [0.3, 0.4) is 0 Å². The van der Waals surface area contributed by atoms with Crippen LogP contribution in [-0.2, 0) is 4.79 Å². The third kappa shape index (κ3) is 3.59. The maximum atomic E-state index is 12.1. The standard InChI is InChI=1S/C15H13ClN2O3/c16-12-7-6-10(8-11(12)15(20)21)18-14(19)13(17)9-4-2-1-3-5-9/h1-8,13H,17H2,(H,18,19)(H,20,21)/t13-/m0/s1. The van der Waals surface area contributed by atoms with E-state index in [1.807, 2.05) is 6.07 Å². The van der Waals surface area contributed by atoms with Gasteiger partial charge in [-0.25, -0.2) is 4.79 Å². The molecular weight excluding hydrogens is 292 g/mol. The Morgan fingerprint density at radius 3 is 2.43 bits per heavy atom. The maximum Gasteiger partial charge on any atom is 0.337 e. The molecule has 0 radical (unpaired) electrons. The van der Waals surface area contributed by atoms with Crippen LogP contribution in [0.25, 0.3) is 0 Å². The number of hydrogen-bond acceptors (Lipinski definition) is 3. The van der Waals surface area contributed by atoms with Crippen molar-refractivity contribution in [2.45, 2.75) is 6.04 Å². The second-order valence-electron chi connectivity index (χ2n) is 4.38. The van der Waals surface area contributed by atoms with E-state index in [1.165, 1.54) is 18.2 Å². The number of carboxylic acid groups (broad SMARTS) is 1. The summed E-state index contributed by atoms with van der Waals surface area (Å²) in [6.45, 7) is 0. The molecule has 0 aromatic heterocycles. The molecule has 4 N–H and O–H groups in total. The summed E-state index contributed by atoms with van der Waals surface area (Å²) in [5.41, 5.74) is 6.77. The molecule has 0 aliphatic rings. The Morgan fingerprint density at radius 2 is 1.81 bits per heavy atom. The average Bonchev–Trinajstić information content (AvgIpc) is 2.49. The van der Waals surface area contributed by atoms with E-state index in [0.29, 0.717) is 11.3 Å². The summed E-state index contributed by atoms with van der Waals surface area (Å²) in [6, 6.07) is 12.3. The first-order valence-corrected chi connectivity index (χ1v) is 6.51. The molecule has 0 saturated carbocycles. The smallest absolute Gasteiger partial charge is 0.337 e. The molecule has 2 rings (SSSR count). The summed E-state index contributed by atoms with van der Waals surface area (Å²) < 4.78 is 0. The van der Waals surface area contributed by atoms with E-state index in [-0.39, 0.29) is 10.6 Å². The van der Waals surface area contributed by atoms with Crippen LogP contribution in [-0.4, -0.2) is 17.0 Å². The lowest BCUT2D eigenvalue weighted by Crippen LogP contribution is -2.27. The Morgan fingerprint density at radius 1 is 1.14 bits per heavy atom. The van der Waals surface area contributed by atoms with E-state index in [0.717, 1.165) is 0 Å². The Hall–Kier alpha value is -2.37. The van der Waals surface area contributed by atoms with Crippen molar-refractivity contribution in [3.8, 4) is 0 Å². The van der Waals surface area contributed by atoms with Crippen molar-refractivity contribution in [2.75, 3.05) is 5.32 Å². The Labute approximate surface area is 126 Å². The van der Waals surface area contributed by atoms with Crippen molar-refractivity contribution in [1.82, 2.24) is 0 Å². The van der Waals surface area contributed by atoms with Gasteiger partial charge in [-0.3, -0.25) is 4.79 Å². The number of halogens is 1. The molecule has 0 aliphatic heterocycles. The van der Waals surface area contributed by atoms with Crippen molar-refractivity contribution >= 4 is 29.2 Å². The molecule has 5 nitrogen and oxygen atoms in total. The molecule has 0 unspecified atom stereocenters. The van der Waals surface area contributed by atoms with E-state index in [2.05, 4.69) is 5.32 Å². The summed E-state index contributed by atoms with van der Waals surface area (Å²) in [6.07, 6.45) is 0. The molecule has 0 bridgehead atoms. The van der Waals surface area contributed by atoms with Gasteiger partial charge in [-0.2, -0.15) is 0 Å². The monoisotopic (exact) mass is 304 g/mol. The molecule has 2 aromatic carbocycles. The summed E-state index contributed by atoms with van der Waals surface area (Å²) in [4.78, 5) is 23.1. The van der Waals surface area contributed by atoms with Gasteiger partial charge in [0.15, 0.2) is 0 Å². The van der Waals surface area contributed by atoms with Gasteiger partial charge in [0, 0.05) is 5.69 Å². The number of hydrogen-bond donors (Lipinski definition) is 3. The highest BCUT2D eigenvalue weighted by Gasteiger charge is 2.17. The Balaban J connectivity index is 2.16. The number of carboxylic acids is 1. The summed E-state index contributed by atoms with van der Waals surface area (Å²) >= 11 is 5.77. The van der Waals surface area contributed by atoms with Crippen LogP contribution in [0.2, 0.25) is 5.02 Å². The minimum atomic E-state index is -1.16. The second kappa shape index (κ2) is 6.39. The topological polar surface area (TPSA) is 92.4 Å². The fourth-order valence-corrected chi connectivity index (χ4v) is 2.00. The zero-order valence-electron chi connectivity index (χ0n) is 10.9. The lowest BCUT2D eigenvalue weighted by molar-refractivity contribution is -0.117. The van der Waals surface area contributed by atoms with E-state index in [1.54, 1.807) is 24.3 Å². The largest absolute Gasteiger partial charge is 0.478 e. The van der Waals surface area contributed by atoms with Crippen molar-refractivity contribution in [3.05, 3.63) is 64.7 Å². The number of aromatic carboxylic acids is 1. The molecule has 6 heteroatoms. The van der Waals surface area contributed by atoms with Gasteiger partial charge in [0.1, 0.15) is 6.04 Å². The number of nitrogens with two attached hydrogens (primary N) is 1. The van der Waals surface area contributed by atoms with Crippen molar-refractivity contribution < 1.29 is 14.7 Å². The molecule has 2 aromatic rings. The molecule has 1 amide bonds. The lowest BCUT2D eigenvalue weighted by Gasteiger charge is -2.13. The van der Waals surface area contributed by atoms with Crippen LogP contribution in [0.1, 0.15) is 22.0 Å². The van der Waals surface area contributed by atoms with Gasteiger partial charge < -0.3 is 16.2 Å². The fourth-order valence-electron chi connectivity index (χ4n) is 1.80. The predicted molar refractivity (Wildman–Crippen MR) is 80.4 cm³/mol. The molecule has 1 atom stereocenters. The zero-order chi connectivity index (χ0) is 15.4. The van der Waals surface area contributed by atoms with Crippen molar-refractivity contribution in [3.63, 3.8) is 0 Å². The van der Waals surface area contributed by atoms with E-state index in [9.17, 15) is 9.59 Å². The zero-order valence-corrected chi connectivity index (χ0v) is 11.7. The van der Waals surface area contributed by atoms with Crippen LogP contribution in [0.4, 0.5) is 5.69 Å². The highest BCUT2D eigenvalue weighted by molar-refractivity contribution is 6.33. The Kier molecular flexibility index (Phi) is 4.57. The molecular formula is C15H13ClN2O3. The fraction of sp³-hybridized carbons (Fsp3) is 0.0667. The van der Waals surface area contributed by atoms with Gasteiger partial charge in [0.2, 0.25) is 5.91 Å². The highest BCUT2D eigenvalue weighted by atomic mass is 35.5. The third-order valence-electron chi connectivity index (χ3n) is 2.91. The predicted octanol–water partition coefficient (Wildman–Crippen LogP) is 2.68. The first-order valence-electron chi connectivity index (χ1n) is 6.13. The molecule has 0 spiro atoms. The number of carbonyl (C=O) groups is 2. The van der Waals surface area contributed by atoms with Gasteiger partial charge in [-0.15, -0.1) is 0 Å². The van der Waals surface area contributed by atoms with Gasteiger partial charge in [0.05, 0.1) is 10.6 Å². The van der Waals surface area contributed by atoms with Crippen LogP contribution in [0.15, 0.2) is 48.5 Å². The molecule has 0 aliphatic carbocycles. The molecule has 0 fully saturated rings. The van der Waals surface area contributed by atoms with Crippen LogP contribution in [0, 0.1) is 0 Å². The number of rotatable bonds is 4. The molecule has 108 valence electrons. The lowest BCUT2D eigenvalue weighted by atomic mass is 10.1. The second-order valence-corrected chi connectivity index (χ2v) is 4.78. The SMILES string of the molecule is N[C@H](C(=O)Nc1ccc(Cl)c(C(=O)O)c1)c1ccccc1. The molecule has 0 heterocycles. The number of benzene rings is 2. The van der Waals surface area contributed by atoms with Crippen LogP contribution < -0.4 is 11.1 Å². The van der Waals surface area contributed by atoms with Crippen molar-refractivity contribution in [1.29, 1.82) is 0 Å². The van der Waals surface area contributed by atoms with Gasteiger partial charge >= 0.3 is 5.97 Å². The first kappa shape index (κ1) is 15.0.